The molecule has 0 aliphatic heterocycles. The monoisotopic (exact) mass is 361 g/mol. The SMILES string of the molecule is Cc1ccc(C(=O)NC2CC2)cc1-n1ncc(C(=O)c2ccccn2)c1N. The van der Waals surface area contributed by atoms with Gasteiger partial charge in [-0.25, -0.2) is 4.68 Å². The van der Waals surface area contributed by atoms with Crippen molar-refractivity contribution in [3.8, 4) is 5.69 Å². The van der Waals surface area contributed by atoms with Crippen molar-refractivity contribution in [2.45, 2.75) is 25.8 Å². The molecule has 4 rings (SSSR count). The smallest absolute Gasteiger partial charge is 0.251 e. The molecule has 1 saturated carbocycles. The number of nitrogen functional groups attached to an aromatic ring is 1. The lowest BCUT2D eigenvalue weighted by Gasteiger charge is -2.11. The van der Waals surface area contributed by atoms with Crippen LogP contribution in [0, 0.1) is 6.92 Å². The summed E-state index contributed by atoms with van der Waals surface area (Å²) in [5, 5.41) is 7.24. The fourth-order valence-corrected chi connectivity index (χ4v) is 2.84. The molecule has 1 aromatic carbocycles. The number of carbonyl (C=O) groups is 2. The summed E-state index contributed by atoms with van der Waals surface area (Å²) >= 11 is 0. The van der Waals surface area contributed by atoms with Gasteiger partial charge in [0.25, 0.3) is 5.91 Å². The Kier molecular flexibility index (Phi) is 4.19. The summed E-state index contributed by atoms with van der Waals surface area (Å²) in [6.07, 6.45) is 5.04. The summed E-state index contributed by atoms with van der Waals surface area (Å²) in [4.78, 5) is 29.1. The molecule has 0 spiro atoms. The second-order valence-corrected chi connectivity index (χ2v) is 6.65. The van der Waals surface area contributed by atoms with Crippen LogP contribution < -0.4 is 11.1 Å². The maximum atomic E-state index is 12.6. The molecule has 7 nitrogen and oxygen atoms in total. The number of amides is 1. The third-order valence-corrected chi connectivity index (χ3v) is 4.56. The number of aromatic nitrogens is 3. The lowest BCUT2D eigenvalue weighted by molar-refractivity contribution is 0.0950. The van der Waals surface area contributed by atoms with Crippen LogP contribution in [0.1, 0.15) is 44.8 Å². The normalized spacial score (nSPS) is 13.4. The van der Waals surface area contributed by atoms with Gasteiger partial charge in [0.2, 0.25) is 5.78 Å². The van der Waals surface area contributed by atoms with Gasteiger partial charge < -0.3 is 11.1 Å². The molecule has 136 valence electrons. The number of benzene rings is 1. The van der Waals surface area contributed by atoms with E-state index in [0.29, 0.717) is 16.9 Å². The minimum absolute atomic E-state index is 0.116. The first-order valence-corrected chi connectivity index (χ1v) is 8.75. The third kappa shape index (κ3) is 3.31. The van der Waals surface area contributed by atoms with Crippen molar-refractivity contribution in [3.63, 3.8) is 0 Å². The Morgan fingerprint density at radius 2 is 2.04 bits per heavy atom. The molecule has 1 fully saturated rings. The predicted octanol–water partition coefficient (Wildman–Crippen LogP) is 2.28. The van der Waals surface area contributed by atoms with Crippen LogP contribution in [0.3, 0.4) is 0 Å². The highest BCUT2D eigenvalue weighted by atomic mass is 16.1. The van der Waals surface area contributed by atoms with E-state index in [9.17, 15) is 9.59 Å². The highest BCUT2D eigenvalue weighted by Gasteiger charge is 2.24. The van der Waals surface area contributed by atoms with E-state index in [-0.39, 0.29) is 29.1 Å². The first-order valence-electron chi connectivity index (χ1n) is 8.75. The average Bonchev–Trinajstić information content (AvgIpc) is 3.42. The van der Waals surface area contributed by atoms with Gasteiger partial charge in [-0.2, -0.15) is 5.10 Å². The van der Waals surface area contributed by atoms with Crippen molar-refractivity contribution in [1.29, 1.82) is 0 Å². The lowest BCUT2D eigenvalue weighted by atomic mass is 10.1. The standard InChI is InChI=1S/C20H19N5O2/c1-12-5-6-13(20(27)24-14-7-8-14)10-17(12)25-19(21)15(11-23-25)18(26)16-4-2-3-9-22-16/h2-6,9-11,14H,7-8,21H2,1H3,(H,24,27). The van der Waals surface area contributed by atoms with Crippen LogP contribution in [-0.4, -0.2) is 32.5 Å². The Labute approximate surface area is 156 Å². The minimum atomic E-state index is -0.292. The predicted molar refractivity (Wildman–Crippen MR) is 101 cm³/mol. The number of hydrogen-bond acceptors (Lipinski definition) is 5. The van der Waals surface area contributed by atoms with E-state index in [1.165, 1.54) is 10.9 Å². The summed E-state index contributed by atoms with van der Waals surface area (Å²) < 4.78 is 1.49. The van der Waals surface area contributed by atoms with Gasteiger partial charge in [0.15, 0.2) is 0 Å². The fourth-order valence-electron chi connectivity index (χ4n) is 2.84. The number of carbonyl (C=O) groups excluding carboxylic acids is 2. The van der Waals surface area contributed by atoms with Crippen LogP contribution in [-0.2, 0) is 0 Å². The zero-order valence-corrected chi connectivity index (χ0v) is 14.8. The molecule has 0 unspecified atom stereocenters. The summed E-state index contributed by atoms with van der Waals surface area (Å²) in [7, 11) is 0. The number of pyridine rings is 1. The van der Waals surface area contributed by atoms with Crippen LogP contribution in [0.15, 0.2) is 48.8 Å². The number of nitrogens with one attached hydrogen (secondary N) is 1. The lowest BCUT2D eigenvalue weighted by Crippen LogP contribution is -2.25. The van der Waals surface area contributed by atoms with Crippen molar-refractivity contribution in [2.75, 3.05) is 5.73 Å². The van der Waals surface area contributed by atoms with Crippen molar-refractivity contribution in [2.24, 2.45) is 0 Å². The number of anilines is 1. The van der Waals surface area contributed by atoms with Crippen LogP contribution in [0.2, 0.25) is 0 Å². The molecule has 27 heavy (non-hydrogen) atoms. The highest BCUT2D eigenvalue weighted by Crippen LogP contribution is 2.24. The zero-order valence-electron chi connectivity index (χ0n) is 14.8. The van der Waals surface area contributed by atoms with Gasteiger partial charge in [-0.1, -0.05) is 12.1 Å². The van der Waals surface area contributed by atoms with E-state index in [1.54, 1.807) is 36.5 Å². The van der Waals surface area contributed by atoms with Crippen molar-refractivity contribution in [1.82, 2.24) is 20.1 Å². The van der Waals surface area contributed by atoms with E-state index in [0.717, 1.165) is 18.4 Å². The first kappa shape index (κ1) is 17.0. The van der Waals surface area contributed by atoms with E-state index < -0.39 is 0 Å². The largest absolute Gasteiger partial charge is 0.383 e. The summed E-state index contributed by atoms with van der Waals surface area (Å²) in [5.74, 6) is -0.192. The molecule has 1 aliphatic rings. The third-order valence-electron chi connectivity index (χ3n) is 4.56. The highest BCUT2D eigenvalue weighted by molar-refractivity contribution is 6.10. The molecule has 0 bridgehead atoms. The molecule has 0 saturated heterocycles. The van der Waals surface area contributed by atoms with E-state index in [4.69, 9.17) is 5.73 Å². The Morgan fingerprint density at radius 3 is 2.74 bits per heavy atom. The summed E-state index contributed by atoms with van der Waals surface area (Å²) in [6.45, 7) is 1.90. The summed E-state index contributed by atoms with van der Waals surface area (Å²) in [6, 6.07) is 10.8. The zero-order chi connectivity index (χ0) is 19.0. The number of ketones is 1. The van der Waals surface area contributed by atoms with E-state index in [1.807, 2.05) is 13.0 Å². The molecule has 0 atom stereocenters. The molecule has 1 amide bonds. The second kappa shape index (κ2) is 6.68. The second-order valence-electron chi connectivity index (χ2n) is 6.65. The van der Waals surface area contributed by atoms with Gasteiger partial charge in [0.1, 0.15) is 11.5 Å². The topological polar surface area (TPSA) is 103 Å². The maximum Gasteiger partial charge on any atom is 0.251 e. The van der Waals surface area contributed by atoms with Crippen molar-refractivity contribution >= 4 is 17.5 Å². The quantitative estimate of drug-likeness (QED) is 0.679. The molecule has 3 aromatic rings. The van der Waals surface area contributed by atoms with E-state index in [2.05, 4.69) is 15.4 Å². The molecular formula is C20H19N5O2. The molecule has 0 radical (unpaired) electrons. The van der Waals surface area contributed by atoms with Crippen LogP contribution >= 0.6 is 0 Å². The fraction of sp³-hybridized carbons (Fsp3) is 0.200. The van der Waals surface area contributed by atoms with Gasteiger partial charge in [-0.15, -0.1) is 0 Å². The molecule has 7 heteroatoms. The molecular weight excluding hydrogens is 342 g/mol. The van der Waals surface area contributed by atoms with Crippen LogP contribution in [0.25, 0.3) is 5.69 Å². The molecule has 2 aromatic heterocycles. The van der Waals surface area contributed by atoms with Gasteiger partial charge in [-0.05, 0) is 49.6 Å². The van der Waals surface area contributed by atoms with Crippen LogP contribution in [0.5, 0.6) is 0 Å². The maximum absolute atomic E-state index is 12.6. The molecule has 1 aliphatic carbocycles. The minimum Gasteiger partial charge on any atom is -0.383 e. The van der Waals surface area contributed by atoms with Gasteiger partial charge in [0, 0.05) is 17.8 Å². The number of aryl methyl sites for hydroxylation is 1. The van der Waals surface area contributed by atoms with Crippen molar-refractivity contribution < 1.29 is 9.59 Å². The van der Waals surface area contributed by atoms with Gasteiger partial charge in [0.05, 0.1) is 17.4 Å². The molecule has 2 heterocycles. The van der Waals surface area contributed by atoms with Gasteiger partial charge >= 0.3 is 0 Å². The first-order chi connectivity index (χ1) is 13.0. The molecule has 3 N–H and O–H groups in total. The Bertz CT molecular complexity index is 1020. The Morgan fingerprint density at radius 1 is 1.22 bits per heavy atom. The van der Waals surface area contributed by atoms with E-state index >= 15 is 0 Å². The van der Waals surface area contributed by atoms with Crippen LogP contribution in [0.4, 0.5) is 5.82 Å². The van der Waals surface area contributed by atoms with Crippen molar-refractivity contribution in [3.05, 3.63) is 71.2 Å². The number of nitrogens with zero attached hydrogens (tertiary/aromatic N) is 3. The van der Waals surface area contributed by atoms with Gasteiger partial charge in [-0.3, -0.25) is 14.6 Å². The number of rotatable bonds is 5. The number of hydrogen-bond donors (Lipinski definition) is 2. The summed E-state index contributed by atoms with van der Waals surface area (Å²) in [5.41, 5.74) is 8.89. The average molecular weight is 361 g/mol. The number of nitrogens with two attached hydrogens (primary N) is 1. The Balaban J connectivity index is 1.68. The Hall–Kier alpha value is -3.48.